The molecule has 1 atom stereocenters. The predicted octanol–water partition coefficient (Wildman–Crippen LogP) is 1.80. The lowest BCUT2D eigenvalue weighted by molar-refractivity contribution is -0.135. The van der Waals surface area contributed by atoms with E-state index in [4.69, 9.17) is 9.47 Å². The summed E-state index contributed by atoms with van der Waals surface area (Å²) in [5.41, 5.74) is 1.06. The number of hydrogen-bond donors (Lipinski definition) is 1. The average Bonchev–Trinajstić information content (AvgIpc) is 2.95. The van der Waals surface area contributed by atoms with Crippen LogP contribution in [0, 0.1) is 5.92 Å². The normalized spacial score (nSPS) is 19.8. The molecule has 1 fully saturated rings. The summed E-state index contributed by atoms with van der Waals surface area (Å²) < 4.78 is 10.7. The number of rotatable bonds is 3. The van der Waals surface area contributed by atoms with E-state index in [9.17, 15) is 4.79 Å². The minimum absolute atomic E-state index is 0. The van der Waals surface area contributed by atoms with Gasteiger partial charge in [0.2, 0.25) is 12.7 Å². The summed E-state index contributed by atoms with van der Waals surface area (Å²) in [5.74, 6) is 1.87. The number of carbonyl (C=O) groups excluding carboxylic acids is 1. The van der Waals surface area contributed by atoms with Crippen LogP contribution in [-0.2, 0) is 11.3 Å². The molecule has 1 amide bonds. The number of nitrogens with one attached hydrogen (secondary N) is 1. The average molecular weight is 313 g/mol. The molecule has 116 valence electrons. The molecule has 0 radical (unpaired) electrons. The van der Waals surface area contributed by atoms with Gasteiger partial charge in [-0.3, -0.25) is 4.79 Å². The molecule has 0 unspecified atom stereocenters. The molecule has 1 aromatic rings. The highest BCUT2D eigenvalue weighted by Crippen LogP contribution is 2.32. The molecule has 21 heavy (non-hydrogen) atoms. The molecule has 0 spiro atoms. The second-order valence-electron chi connectivity index (χ2n) is 5.43. The Morgan fingerprint density at radius 2 is 2.19 bits per heavy atom. The van der Waals surface area contributed by atoms with Crippen LogP contribution in [0.5, 0.6) is 11.5 Å². The Kier molecular flexibility index (Phi) is 5.31. The lowest BCUT2D eigenvalue weighted by Crippen LogP contribution is -2.41. The number of hydrogen-bond acceptors (Lipinski definition) is 4. The summed E-state index contributed by atoms with van der Waals surface area (Å²) in [4.78, 5) is 14.2. The number of nitrogens with zero attached hydrogens (tertiary/aromatic N) is 1. The molecule has 1 N–H and O–H groups in total. The number of halogens is 1. The molecule has 0 bridgehead atoms. The van der Waals surface area contributed by atoms with Gasteiger partial charge >= 0.3 is 0 Å². The van der Waals surface area contributed by atoms with Crippen molar-refractivity contribution in [2.24, 2.45) is 5.92 Å². The predicted molar refractivity (Wildman–Crippen MR) is 81.9 cm³/mol. The summed E-state index contributed by atoms with van der Waals surface area (Å²) in [6, 6.07) is 5.83. The van der Waals surface area contributed by atoms with Crippen LogP contribution in [0.15, 0.2) is 18.2 Å². The van der Waals surface area contributed by atoms with E-state index in [1.165, 1.54) is 0 Å². The summed E-state index contributed by atoms with van der Waals surface area (Å²) >= 11 is 0. The van der Waals surface area contributed by atoms with Gasteiger partial charge in [0, 0.05) is 20.1 Å². The van der Waals surface area contributed by atoms with Crippen LogP contribution in [0.25, 0.3) is 0 Å². The number of carbonyl (C=O) groups is 1. The maximum Gasteiger partial charge on any atom is 0.231 e. The van der Waals surface area contributed by atoms with Crippen LogP contribution >= 0.6 is 12.4 Å². The van der Waals surface area contributed by atoms with Crippen molar-refractivity contribution in [1.29, 1.82) is 0 Å². The number of ether oxygens (including phenoxy) is 2. The summed E-state index contributed by atoms with van der Waals surface area (Å²) in [6.07, 6.45) is 2.06. The number of fused-ring (bicyclic) bond motifs is 1. The van der Waals surface area contributed by atoms with E-state index in [-0.39, 0.29) is 31.0 Å². The number of piperidine rings is 1. The first-order valence-electron chi connectivity index (χ1n) is 7.08. The van der Waals surface area contributed by atoms with E-state index in [0.29, 0.717) is 6.54 Å². The monoisotopic (exact) mass is 312 g/mol. The molecule has 3 rings (SSSR count). The van der Waals surface area contributed by atoms with Gasteiger partial charge in [0.25, 0.3) is 0 Å². The smallest absolute Gasteiger partial charge is 0.231 e. The Balaban J connectivity index is 0.00000161. The van der Waals surface area contributed by atoms with Crippen LogP contribution in [0.4, 0.5) is 0 Å². The Bertz CT molecular complexity index is 504. The maximum atomic E-state index is 12.4. The first-order valence-corrected chi connectivity index (χ1v) is 7.08. The topological polar surface area (TPSA) is 50.8 Å². The summed E-state index contributed by atoms with van der Waals surface area (Å²) in [7, 11) is 1.86. The molecule has 1 aromatic carbocycles. The van der Waals surface area contributed by atoms with Crippen LogP contribution in [0.1, 0.15) is 18.4 Å². The summed E-state index contributed by atoms with van der Waals surface area (Å²) in [6.45, 7) is 2.70. The fraction of sp³-hybridized carbons (Fsp3) is 0.533. The van der Waals surface area contributed by atoms with E-state index in [1.54, 1.807) is 4.90 Å². The highest BCUT2D eigenvalue weighted by molar-refractivity contribution is 5.85. The van der Waals surface area contributed by atoms with E-state index < -0.39 is 0 Å². The Labute approximate surface area is 131 Å². The second-order valence-corrected chi connectivity index (χ2v) is 5.43. The zero-order valence-corrected chi connectivity index (χ0v) is 12.9. The molecule has 2 heterocycles. The van der Waals surface area contributed by atoms with Crippen molar-refractivity contribution in [2.45, 2.75) is 19.4 Å². The van der Waals surface area contributed by atoms with Gasteiger partial charge in [0.15, 0.2) is 11.5 Å². The minimum atomic E-state index is 0. The quantitative estimate of drug-likeness (QED) is 0.924. The number of amides is 1. The Morgan fingerprint density at radius 1 is 1.38 bits per heavy atom. The maximum absolute atomic E-state index is 12.4. The van der Waals surface area contributed by atoms with Crippen molar-refractivity contribution in [2.75, 3.05) is 26.9 Å². The molecule has 0 saturated carbocycles. The summed E-state index contributed by atoms with van der Waals surface area (Å²) in [5, 5.41) is 3.28. The van der Waals surface area contributed by atoms with Crippen molar-refractivity contribution in [3.63, 3.8) is 0 Å². The van der Waals surface area contributed by atoms with Crippen molar-refractivity contribution < 1.29 is 14.3 Å². The zero-order valence-electron chi connectivity index (χ0n) is 12.1. The van der Waals surface area contributed by atoms with Gasteiger partial charge in [0.1, 0.15) is 0 Å². The fourth-order valence-corrected chi connectivity index (χ4v) is 2.77. The lowest BCUT2D eigenvalue weighted by atomic mass is 9.98. The van der Waals surface area contributed by atoms with Crippen LogP contribution in [0.3, 0.4) is 0 Å². The molecular formula is C15H21ClN2O3. The minimum Gasteiger partial charge on any atom is -0.454 e. The van der Waals surface area contributed by atoms with Crippen molar-refractivity contribution in [1.82, 2.24) is 10.2 Å². The largest absolute Gasteiger partial charge is 0.454 e. The molecular weight excluding hydrogens is 292 g/mol. The van der Waals surface area contributed by atoms with Crippen LogP contribution in [0.2, 0.25) is 0 Å². The van der Waals surface area contributed by atoms with Gasteiger partial charge in [-0.15, -0.1) is 12.4 Å². The van der Waals surface area contributed by atoms with Crippen molar-refractivity contribution in [3.05, 3.63) is 23.8 Å². The molecule has 2 aliphatic heterocycles. The van der Waals surface area contributed by atoms with Gasteiger partial charge in [0.05, 0.1) is 5.92 Å². The Morgan fingerprint density at radius 3 is 2.95 bits per heavy atom. The van der Waals surface area contributed by atoms with Gasteiger partial charge in [-0.25, -0.2) is 0 Å². The van der Waals surface area contributed by atoms with Gasteiger partial charge in [-0.2, -0.15) is 0 Å². The third-order valence-corrected chi connectivity index (χ3v) is 3.88. The van der Waals surface area contributed by atoms with Crippen molar-refractivity contribution in [3.8, 4) is 11.5 Å². The molecule has 1 saturated heterocycles. The highest BCUT2D eigenvalue weighted by Gasteiger charge is 2.24. The third kappa shape index (κ3) is 3.60. The molecule has 2 aliphatic rings. The fourth-order valence-electron chi connectivity index (χ4n) is 2.77. The molecule has 6 heteroatoms. The lowest BCUT2D eigenvalue weighted by Gasteiger charge is -2.27. The van der Waals surface area contributed by atoms with E-state index in [0.717, 1.165) is 43.0 Å². The van der Waals surface area contributed by atoms with Crippen molar-refractivity contribution >= 4 is 18.3 Å². The molecule has 5 nitrogen and oxygen atoms in total. The van der Waals surface area contributed by atoms with E-state index >= 15 is 0 Å². The third-order valence-electron chi connectivity index (χ3n) is 3.88. The highest BCUT2D eigenvalue weighted by atomic mass is 35.5. The Hall–Kier alpha value is -1.46. The second kappa shape index (κ2) is 7.00. The van der Waals surface area contributed by atoms with Gasteiger partial charge in [-0.1, -0.05) is 6.07 Å². The zero-order chi connectivity index (χ0) is 13.9. The SMILES string of the molecule is CN(Cc1ccc2c(c1)OCO2)C(=O)[C@@H]1CCCNC1.Cl. The van der Waals surface area contributed by atoms with Crippen LogP contribution in [-0.4, -0.2) is 37.7 Å². The van der Waals surface area contributed by atoms with E-state index in [1.807, 2.05) is 25.2 Å². The van der Waals surface area contributed by atoms with Gasteiger partial charge in [-0.05, 0) is 37.1 Å². The van der Waals surface area contributed by atoms with Crippen LogP contribution < -0.4 is 14.8 Å². The molecule has 0 aromatic heterocycles. The van der Waals surface area contributed by atoms with E-state index in [2.05, 4.69) is 5.32 Å². The number of benzene rings is 1. The first kappa shape index (κ1) is 15.9. The standard InChI is InChI=1S/C15H20N2O3.ClH/c1-17(15(18)12-3-2-6-16-8-12)9-11-4-5-13-14(7-11)20-10-19-13;/h4-5,7,12,16H,2-3,6,8-10H2,1H3;1H/t12-;/m1./s1. The first-order chi connectivity index (χ1) is 9.74. The molecule has 0 aliphatic carbocycles. The van der Waals surface area contributed by atoms with Gasteiger partial charge < -0.3 is 19.7 Å².